The predicted molar refractivity (Wildman–Crippen MR) is 136 cm³/mol. The van der Waals surface area contributed by atoms with E-state index in [9.17, 15) is 9.59 Å². The molecule has 0 fully saturated rings. The van der Waals surface area contributed by atoms with E-state index in [1.165, 1.54) is 0 Å². The van der Waals surface area contributed by atoms with Gasteiger partial charge in [-0.05, 0) is 30.5 Å². The van der Waals surface area contributed by atoms with Crippen LogP contribution >= 0.6 is 11.6 Å². The number of Topliss-reactive ketones (excluding diaryl/α,β-unsaturated/α-hetero) is 1. The second-order valence-corrected chi connectivity index (χ2v) is 8.97. The first kappa shape index (κ1) is 24.8. The maximum atomic E-state index is 14.4. The minimum atomic E-state index is -1.47. The smallest absolute Gasteiger partial charge is 0.219 e. The predicted octanol–water partition coefficient (Wildman–Crippen LogP) is 6.76. The van der Waals surface area contributed by atoms with Gasteiger partial charge in [-0.15, -0.1) is 0 Å². The molecule has 182 valence electrons. The molecule has 0 bridgehead atoms. The van der Waals surface area contributed by atoms with E-state index in [1.54, 1.807) is 36.4 Å². The van der Waals surface area contributed by atoms with Crippen molar-refractivity contribution in [2.75, 3.05) is 13.2 Å². The van der Waals surface area contributed by atoms with E-state index in [0.717, 1.165) is 24.7 Å². The summed E-state index contributed by atoms with van der Waals surface area (Å²) in [5, 5.41) is 0.542. The highest BCUT2D eigenvalue weighted by molar-refractivity contribution is 6.30. The normalized spacial score (nSPS) is 17.4. The van der Waals surface area contributed by atoms with Crippen LogP contribution < -0.4 is 14.2 Å². The molecule has 35 heavy (non-hydrogen) atoms. The third-order valence-corrected chi connectivity index (χ3v) is 6.36. The van der Waals surface area contributed by atoms with Crippen molar-refractivity contribution in [2.24, 2.45) is 0 Å². The Kier molecular flexibility index (Phi) is 7.76. The van der Waals surface area contributed by atoms with E-state index >= 15 is 0 Å². The zero-order chi connectivity index (χ0) is 24.8. The summed E-state index contributed by atoms with van der Waals surface area (Å²) in [7, 11) is 0. The molecule has 1 heterocycles. The summed E-state index contributed by atoms with van der Waals surface area (Å²) in [6.07, 6.45) is 2.55. The van der Waals surface area contributed by atoms with Gasteiger partial charge >= 0.3 is 0 Å². The average molecular weight is 493 g/mol. The first-order valence-corrected chi connectivity index (χ1v) is 12.3. The van der Waals surface area contributed by atoms with Crippen molar-refractivity contribution in [2.45, 2.75) is 44.6 Å². The van der Waals surface area contributed by atoms with Crippen LogP contribution in [0.2, 0.25) is 5.02 Å². The van der Waals surface area contributed by atoms with Crippen molar-refractivity contribution >= 4 is 23.7 Å². The molecule has 0 N–H and O–H groups in total. The van der Waals surface area contributed by atoms with Crippen molar-refractivity contribution in [3.8, 4) is 17.2 Å². The van der Waals surface area contributed by atoms with Crippen LogP contribution in [0.5, 0.6) is 17.2 Å². The van der Waals surface area contributed by atoms with Crippen LogP contribution in [0.25, 0.3) is 0 Å². The summed E-state index contributed by atoms with van der Waals surface area (Å²) < 4.78 is 18.5. The second kappa shape index (κ2) is 11.0. The lowest BCUT2D eigenvalue weighted by Crippen LogP contribution is -2.43. The monoisotopic (exact) mass is 492 g/mol. The first-order valence-electron chi connectivity index (χ1n) is 12.0. The number of hydrogen-bond acceptors (Lipinski definition) is 5. The van der Waals surface area contributed by atoms with E-state index in [1.807, 2.05) is 44.2 Å². The lowest BCUT2D eigenvalue weighted by Gasteiger charge is -2.35. The molecule has 0 saturated carbocycles. The molecule has 0 saturated heterocycles. The number of aldehydes is 1. The molecule has 1 aliphatic rings. The molecule has 5 nitrogen and oxygen atoms in total. The van der Waals surface area contributed by atoms with Gasteiger partial charge in [0.1, 0.15) is 29.1 Å². The molecule has 0 amide bonds. The van der Waals surface area contributed by atoms with Gasteiger partial charge in [-0.2, -0.15) is 0 Å². The SMILES string of the molecule is CCCOc1cc(OCCC)c2c(c1)O[C@](c1ccc(Cl)cc1)(C(CC=O)c1ccccc1)C2=O. The van der Waals surface area contributed by atoms with E-state index in [-0.39, 0.29) is 12.2 Å². The number of ketones is 1. The van der Waals surface area contributed by atoms with Crippen molar-refractivity contribution in [1.29, 1.82) is 0 Å². The Labute approximate surface area is 211 Å². The second-order valence-electron chi connectivity index (χ2n) is 8.53. The molecule has 0 aliphatic carbocycles. The van der Waals surface area contributed by atoms with Gasteiger partial charge in [0, 0.05) is 35.1 Å². The molecule has 0 aromatic heterocycles. The largest absolute Gasteiger partial charge is 0.493 e. The summed E-state index contributed by atoms with van der Waals surface area (Å²) in [5.74, 6) is 0.564. The minimum absolute atomic E-state index is 0.0940. The van der Waals surface area contributed by atoms with Gasteiger partial charge in [0.15, 0.2) is 0 Å². The molecular weight excluding hydrogens is 464 g/mol. The molecule has 6 heteroatoms. The number of carbonyl (C=O) groups excluding carboxylic acids is 2. The van der Waals surface area contributed by atoms with Crippen LogP contribution in [-0.4, -0.2) is 25.3 Å². The van der Waals surface area contributed by atoms with Gasteiger partial charge in [-0.1, -0.05) is 67.9 Å². The fraction of sp³-hybridized carbons (Fsp3) is 0.310. The fourth-order valence-corrected chi connectivity index (χ4v) is 4.67. The molecule has 1 unspecified atom stereocenters. The van der Waals surface area contributed by atoms with Gasteiger partial charge in [0.2, 0.25) is 11.4 Å². The van der Waals surface area contributed by atoms with Crippen molar-refractivity contribution in [1.82, 2.24) is 0 Å². The van der Waals surface area contributed by atoms with Crippen molar-refractivity contribution in [3.63, 3.8) is 0 Å². The molecule has 4 rings (SSSR count). The third-order valence-electron chi connectivity index (χ3n) is 6.11. The highest BCUT2D eigenvalue weighted by Crippen LogP contribution is 2.54. The standard InChI is InChI=1S/C29H29ClO5/c1-3-16-33-23-18-25(34-17-4-2)27-26(19-23)35-29(28(27)32,21-10-12-22(30)13-11-21)24(14-15-31)20-8-6-5-7-9-20/h5-13,15,18-19,24H,3-4,14,16-17H2,1-2H3/t24?,29-/m1/s1. The maximum Gasteiger partial charge on any atom is 0.219 e. The Morgan fingerprint density at radius 2 is 1.66 bits per heavy atom. The van der Waals surface area contributed by atoms with Crippen LogP contribution in [0.1, 0.15) is 60.5 Å². The van der Waals surface area contributed by atoms with Crippen LogP contribution in [0.4, 0.5) is 0 Å². The lowest BCUT2D eigenvalue weighted by molar-refractivity contribution is -0.109. The van der Waals surface area contributed by atoms with Crippen LogP contribution in [0.3, 0.4) is 0 Å². The van der Waals surface area contributed by atoms with E-state index < -0.39 is 11.5 Å². The molecule has 3 aromatic carbocycles. The number of halogens is 1. The lowest BCUT2D eigenvalue weighted by atomic mass is 9.72. The Bertz CT molecular complexity index is 1180. The fourth-order valence-electron chi connectivity index (χ4n) is 4.54. The summed E-state index contributed by atoms with van der Waals surface area (Å²) >= 11 is 6.18. The van der Waals surface area contributed by atoms with Crippen LogP contribution in [0.15, 0.2) is 66.7 Å². The quantitative estimate of drug-likeness (QED) is 0.277. The van der Waals surface area contributed by atoms with Crippen molar-refractivity contribution in [3.05, 3.63) is 88.4 Å². The Morgan fingerprint density at radius 1 is 0.971 bits per heavy atom. The molecule has 3 aromatic rings. The number of hydrogen-bond donors (Lipinski definition) is 0. The van der Waals surface area contributed by atoms with E-state index in [2.05, 4.69) is 0 Å². The number of rotatable bonds is 11. The molecule has 0 radical (unpaired) electrons. The highest BCUT2D eigenvalue weighted by atomic mass is 35.5. The zero-order valence-electron chi connectivity index (χ0n) is 20.0. The van der Waals surface area contributed by atoms with Gasteiger partial charge < -0.3 is 19.0 Å². The summed E-state index contributed by atoms with van der Waals surface area (Å²) in [6, 6.07) is 20.0. The number of benzene rings is 3. The third kappa shape index (κ3) is 4.78. The summed E-state index contributed by atoms with van der Waals surface area (Å²) in [5.41, 5.74) is 0.345. The minimum Gasteiger partial charge on any atom is -0.493 e. The highest BCUT2D eigenvalue weighted by Gasteiger charge is 2.56. The Hall–Kier alpha value is -3.31. The first-order chi connectivity index (χ1) is 17.0. The maximum absolute atomic E-state index is 14.4. The molecular formula is C29H29ClO5. The molecule has 2 atom stereocenters. The average Bonchev–Trinajstić information content (AvgIpc) is 3.18. The zero-order valence-corrected chi connectivity index (χ0v) is 20.7. The van der Waals surface area contributed by atoms with Crippen LogP contribution in [0, 0.1) is 0 Å². The van der Waals surface area contributed by atoms with Crippen molar-refractivity contribution < 1.29 is 23.8 Å². The number of carbonyl (C=O) groups is 2. The summed E-state index contributed by atoms with van der Waals surface area (Å²) in [4.78, 5) is 26.3. The Morgan fingerprint density at radius 3 is 2.31 bits per heavy atom. The van der Waals surface area contributed by atoms with Gasteiger partial charge in [-0.3, -0.25) is 4.79 Å². The molecule has 1 aliphatic heterocycles. The molecule has 0 spiro atoms. The number of fused-ring (bicyclic) bond motifs is 1. The number of ether oxygens (including phenoxy) is 3. The summed E-state index contributed by atoms with van der Waals surface area (Å²) in [6.45, 7) is 5.00. The van der Waals surface area contributed by atoms with Gasteiger partial charge in [0.25, 0.3) is 0 Å². The topological polar surface area (TPSA) is 61.8 Å². The van der Waals surface area contributed by atoms with E-state index in [4.69, 9.17) is 25.8 Å². The van der Waals surface area contributed by atoms with Crippen LogP contribution in [-0.2, 0) is 10.4 Å². The van der Waals surface area contributed by atoms with Gasteiger partial charge in [-0.25, -0.2) is 0 Å². The Balaban J connectivity index is 1.93. The van der Waals surface area contributed by atoms with E-state index in [0.29, 0.717) is 46.6 Å². The van der Waals surface area contributed by atoms with Gasteiger partial charge in [0.05, 0.1) is 13.2 Å².